The molecule has 0 bridgehead atoms. The molecule has 1 aromatic heterocycles. The van der Waals surface area contributed by atoms with Gasteiger partial charge >= 0.3 is 0 Å². The summed E-state index contributed by atoms with van der Waals surface area (Å²) in [6.07, 6.45) is -0.645. The van der Waals surface area contributed by atoms with Crippen molar-refractivity contribution in [3.05, 3.63) is 30.2 Å². The lowest BCUT2D eigenvalue weighted by molar-refractivity contribution is -0.121. The highest BCUT2D eigenvalue weighted by atomic mass is 32.2. The van der Waals surface area contributed by atoms with Crippen molar-refractivity contribution >= 4 is 26.8 Å². The van der Waals surface area contributed by atoms with Gasteiger partial charge in [-0.15, -0.1) is 0 Å². The normalized spacial score (nSPS) is 23.2. The molecular weight excluding hydrogens is 316 g/mol. The van der Waals surface area contributed by atoms with Gasteiger partial charge in [-0.1, -0.05) is 6.07 Å². The summed E-state index contributed by atoms with van der Waals surface area (Å²) in [5, 5.41) is -0.118. The fraction of sp³-hybridized carbons (Fsp3) is 0.308. The maximum Gasteiger partial charge on any atom is 0.246 e. The zero-order chi connectivity index (χ0) is 16.1. The number of halogens is 2. The molecule has 2 atom stereocenters. The van der Waals surface area contributed by atoms with Gasteiger partial charge in [-0.2, -0.15) is 4.31 Å². The van der Waals surface area contributed by atoms with E-state index in [1.165, 1.54) is 12.1 Å². The molecule has 9 heteroatoms. The van der Waals surface area contributed by atoms with Crippen LogP contribution < -0.4 is 5.73 Å². The van der Waals surface area contributed by atoms with Crippen molar-refractivity contribution in [2.24, 2.45) is 5.73 Å². The van der Waals surface area contributed by atoms with E-state index in [1.54, 1.807) is 0 Å². The Bertz CT molecular complexity index is 849. The van der Waals surface area contributed by atoms with Crippen molar-refractivity contribution in [2.45, 2.75) is 23.5 Å². The van der Waals surface area contributed by atoms with Crippen molar-refractivity contribution in [2.75, 3.05) is 6.54 Å². The molecule has 1 fully saturated rings. The van der Waals surface area contributed by atoms with Gasteiger partial charge in [-0.05, 0) is 12.1 Å². The fourth-order valence-corrected chi connectivity index (χ4v) is 4.53. The highest BCUT2D eigenvalue weighted by Gasteiger charge is 2.44. The minimum absolute atomic E-state index is 0.118. The summed E-state index contributed by atoms with van der Waals surface area (Å²) in [7, 11) is -4.25. The number of hydrogen-bond acceptors (Lipinski definition) is 3. The van der Waals surface area contributed by atoms with Crippen LogP contribution in [0.1, 0.15) is 6.42 Å². The third-order valence-corrected chi connectivity index (χ3v) is 5.64. The van der Waals surface area contributed by atoms with E-state index < -0.39 is 40.5 Å². The maximum atomic E-state index is 14.0. The van der Waals surface area contributed by atoms with E-state index in [9.17, 15) is 22.0 Å². The van der Waals surface area contributed by atoms with Crippen LogP contribution >= 0.6 is 0 Å². The molecule has 1 amide bonds. The molecule has 0 unspecified atom stereocenters. The van der Waals surface area contributed by atoms with Crippen molar-refractivity contribution in [3.63, 3.8) is 0 Å². The van der Waals surface area contributed by atoms with Gasteiger partial charge in [0.25, 0.3) is 0 Å². The number of alkyl halides is 1. The Morgan fingerprint density at radius 2 is 2.14 bits per heavy atom. The van der Waals surface area contributed by atoms with Crippen molar-refractivity contribution < 1.29 is 22.0 Å². The Morgan fingerprint density at radius 1 is 1.41 bits per heavy atom. The van der Waals surface area contributed by atoms with Crippen molar-refractivity contribution in [1.29, 1.82) is 0 Å². The number of nitrogens with two attached hydrogens (primary N) is 1. The number of hydrogen-bond donors (Lipinski definition) is 2. The third-order valence-electron chi connectivity index (χ3n) is 3.74. The predicted molar refractivity (Wildman–Crippen MR) is 74.6 cm³/mol. The zero-order valence-corrected chi connectivity index (χ0v) is 12.1. The van der Waals surface area contributed by atoms with Gasteiger partial charge < -0.3 is 10.7 Å². The number of sulfonamides is 1. The number of carbonyl (C=O) groups is 1. The monoisotopic (exact) mass is 329 g/mol. The number of aromatic amines is 1. The lowest BCUT2D eigenvalue weighted by atomic mass is 10.2. The first-order valence-electron chi connectivity index (χ1n) is 6.53. The number of benzene rings is 1. The molecule has 0 saturated carbocycles. The van der Waals surface area contributed by atoms with Crippen molar-refractivity contribution in [1.82, 2.24) is 9.29 Å². The average Bonchev–Trinajstić information content (AvgIpc) is 3.03. The SMILES string of the molecule is NC(=O)[C@@H]1C[C@@H](F)CN1S(=O)(=O)c1c[nH]c2cccc(F)c12. The van der Waals surface area contributed by atoms with E-state index in [0.29, 0.717) is 9.82 Å². The molecule has 0 spiro atoms. The number of aromatic nitrogens is 1. The maximum absolute atomic E-state index is 14.0. The molecule has 1 aliphatic heterocycles. The number of primary amides is 1. The number of carbonyl (C=O) groups excluding carboxylic acids is 1. The molecule has 6 nitrogen and oxygen atoms in total. The van der Waals surface area contributed by atoms with E-state index in [0.717, 1.165) is 12.3 Å². The van der Waals surface area contributed by atoms with E-state index in [4.69, 9.17) is 5.73 Å². The molecule has 3 rings (SSSR count). The average molecular weight is 329 g/mol. The second-order valence-corrected chi connectivity index (χ2v) is 7.00. The van der Waals surface area contributed by atoms with Crippen LogP contribution in [0.4, 0.5) is 8.78 Å². The Morgan fingerprint density at radius 3 is 2.82 bits per heavy atom. The first-order chi connectivity index (χ1) is 10.3. The van der Waals surface area contributed by atoms with Gasteiger partial charge in [0.05, 0.1) is 5.39 Å². The van der Waals surface area contributed by atoms with Crippen LogP contribution in [0.2, 0.25) is 0 Å². The summed E-state index contributed by atoms with van der Waals surface area (Å²) in [5.74, 6) is -1.65. The van der Waals surface area contributed by atoms with Gasteiger partial charge in [0.1, 0.15) is 22.9 Å². The number of fused-ring (bicyclic) bond motifs is 1. The predicted octanol–water partition coefficient (Wildman–Crippen LogP) is 0.893. The molecule has 22 heavy (non-hydrogen) atoms. The Labute approximate surface area is 124 Å². The number of amides is 1. The van der Waals surface area contributed by atoms with Crippen LogP contribution in [0.5, 0.6) is 0 Å². The molecule has 1 saturated heterocycles. The largest absolute Gasteiger partial charge is 0.368 e. The molecule has 118 valence electrons. The van der Waals surface area contributed by atoms with Crippen LogP contribution in [0.3, 0.4) is 0 Å². The topological polar surface area (TPSA) is 96.3 Å². The molecule has 0 radical (unpaired) electrons. The molecule has 0 aliphatic carbocycles. The molecular formula is C13H13F2N3O3S. The van der Waals surface area contributed by atoms with E-state index >= 15 is 0 Å². The van der Waals surface area contributed by atoms with E-state index in [1.807, 2.05) is 0 Å². The number of rotatable bonds is 3. The zero-order valence-electron chi connectivity index (χ0n) is 11.3. The van der Waals surface area contributed by atoms with Crippen LogP contribution in [0.15, 0.2) is 29.3 Å². The number of nitrogens with zero attached hydrogens (tertiary/aromatic N) is 1. The lowest BCUT2D eigenvalue weighted by Gasteiger charge is -2.20. The minimum Gasteiger partial charge on any atom is -0.368 e. The first kappa shape index (κ1) is 14.9. The number of H-pyrrole nitrogens is 1. The highest BCUT2D eigenvalue weighted by Crippen LogP contribution is 2.32. The highest BCUT2D eigenvalue weighted by molar-refractivity contribution is 7.89. The van der Waals surface area contributed by atoms with E-state index in [2.05, 4.69) is 4.98 Å². The summed E-state index contributed by atoms with van der Waals surface area (Å²) in [4.78, 5) is 13.7. The van der Waals surface area contributed by atoms with Gasteiger partial charge in [0.15, 0.2) is 0 Å². The minimum atomic E-state index is -4.25. The molecule has 3 N–H and O–H groups in total. The Kier molecular flexibility index (Phi) is 3.41. The Balaban J connectivity index is 2.14. The second kappa shape index (κ2) is 5.03. The summed E-state index contributed by atoms with van der Waals surface area (Å²) in [5.41, 5.74) is 5.45. The van der Waals surface area contributed by atoms with Gasteiger partial charge in [0.2, 0.25) is 15.9 Å². The second-order valence-electron chi connectivity index (χ2n) is 5.14. The van der Waals surface area contributed by atoms with Crippen LogP contribution in [0.25, 0.3) is 10.9 Å². The van der Waals surface area contributed by atoms with Crippen molar-refractivity contribution in [3.8, 4) is 0 Å². The summed E-state index contributed by atoms with van der Waals surface area (Å²) >= 11 is 0. The number of nitrogens with one attached hydrogen (secondary N) is 1. The summed E-state index contributed by atoms with van der Waals surface area (Å²) in [6, 6.07) is 2.81. The van der Waals surface area contributed by atoms with Gasteiger partial charge in [-0.3, -0.25) is 4.79 Å². The fourth-order valence-electron chi connectivity index (χ4n) is 2.72. The van der Waals surface area contributed by atoms with Gasteiger partial charge in [0, 0.05) is 24.7 Å². The van der Waals surface area contributed by atoms with Crippen LogP contribution in [-0.2, 0) is 14.8 Å². The molecule has 2 aromatic rings. The first-order valence-corrected chi connectivity index (χ1v) is 7.97. The smallest absolute Gasteiger partial charge is 0.246 e. The van der Waals surface area contributed by atoms with Crippen LogP contribution in [-0.4, -0.2) is 42.4 Å². The molecule has 1 aromatic carbocycles. The third kappa shape index (κ3) is 2.17. The quantitative estimate of drug-likeness (QED) is 0.875. The summed E-state index contributed by atoms with van der Waals surface area (Å²) in [6.45, 7) is -0.475. The molecule has 1 aliphatic rings. The molecule has 2 heterocycles. The van der Waals surface area contributed by atoms with E-state index in [-0.39, 0.29) is 16.7 Å². The lowest BCUT2D eigenvalue weighted by Crippen LogP contribution is -2.43. The standard InChI is InChI=1S/C13H13F2N3O3S/c14-7-4-10(13(16)19)18(6-7)22(20,21)11-5-17-9-3-1-2-8(15)12(9)11/h1-3,5,7,10,17H,4,6H2,(H2,16,19)/t7-,10+/m1/s1. The summed E-state index contributed by atoms with van der Waals surface area (Å²) < 4.78 is 53.6. The van der Waals surface area contributed by atoms with Crippen LogP contribution in [0, 0.1) is 5.82 Å². The Hall–Kier alpha value is -2.00. The van der Waals surface area contributed by atoms with Gasteiger partial charge in [-0.25, -0.2) is 17.2 Å².